The van der Waals surface area contributed by atoms with Gasteiger partial charge in [-0.3, -0.25) is 4.79 Å². The Labute approximate surface area is 149 Å². The first kappa shape index (κ1) is 17.2. The third kappa shape index (κ3) is 3.73. The first-order valence-corrected chi connectivity index (χ1v) is 8.70. The van der Waals surface area contributed by atoms with Crippen molar-refractivity contribution >= 4 is 16.9 Å². The van der Waals surface area contributed by atoms with Crippen LogP contribution in [0, 0.1) is 5.92 Å². The number of para-hydroxylation sites is 2. The quantitative estimate of drug-likeness (QED) is 0.706. The number of carbonyl (C=O) groups excluding carboxylic acids is 1. The van der Waals surface area contributed by atoms with E-state index in [0.717, 1.165) is 23.3 Å². The van der Waals surface area contributed by atoms with Crippen LogP contribution in [0.15, 0.2) is 48.5 Å². The molecule has 0 bridgehead atoms. The van der Waals surface area contributed by atoms with Crippen molar-refractivity contribution in [1.82, 2.24) is 14.5 Å². The molecular weight excluding hydrogens is 310 g/mol. The van der Waals surface area contributed by atoms with Crippen molar-refractivity contribution in [1.29, 1.82) is 0 Å². The zero-order valence-electron chi connectivity index (χ0n) is 15.4. The molecule has 0 N–H and O–H groups in total. The van der Waals surface area contributed by atoms with Gasteiger partial charge < -0.3 is 9.47 Å². The van der Waals surface area contributed by atoms with Crippen LogP contribution in [0.4, 0.5) is 0 Å². The molecule has 0 atom stereocenters. The van der Waals surface area contributed by atoms with Crippen LogP contribution in [0.25, 0.3) is 11.0 Å². The SMILES string of the molecule is CC(C)Cc1ccc(C(=O)N(C)Cc2nc3ccccc3n2C)cc1. The number of benzene rings is 2. The molecular formula is C21H25N3O. The van der Waals surface area contributed by atoms with Gasteiger partial charge in [-0.2, -0.15) is 0 Å². The highest BCUT2D eigenvalue weighted by atomic mass is 16.2. The number of nitrogens with zero attached hydrogens (tertiary/aromatic N) is 3. The minimum atomic E-state index is 0.0168. The first-order chi connectivity index (χ1) is 12.0. The number of fused-ring (bicyclic) bond motifs is 1. The molecule has 4 heteroatoms. The number of carbonyl (C=O) groups is 1. The maximum absolute atomic E-state index is 12.7. The zero-order chi connectivity index (χ0) is 18.0. The third-order valence-electron chi connectivity index (χ3n) is 4.45. The van der Waals surface area contributed by atoms with Gasteiger partial charge in [0.1, 0.15) is 5.82 Å². The van der Waals surface area contributed by atoms with E-state index in [2.05, 4.69) is 31.0 Å². The Hall–Kier alpha value is -2.62. The summed E-state index contributed by atoms with van der Waals surface area (Å²) < 4.78 is 2.05. The molecule has 1 aromatic heterocycles. The first-order valence-electron chi connectivity index (χ1n) is 8.70. The van der Waals surface area contributed by atoms with E-state index in [0.29, 0.717) is 18.0 Å². The smallest absolute Gasteiger partial charge is 0.254 e. The van der Waals surface area contributed by atoms with Gasteiger partial charge >= 0.3 is 0 Å². The van der Waals surface area contributed by atoms with Crippen molar-refractivity contribution in [2.75, 3.05) is 7.05 Å². The highest BCUT2D eigenvalue weighted by Crippen LogP contribution is 2.16. The molecule has 3 aromatic rings. The van der Waals surface area contributed by atoms with Crippen LogP contribution >= 0.6 is 0 Å². The van der Waals surface area contributed by atoms with Crippen LogP contribution in [0.2, 0.25) is 0 Å². The minimum Gasteiger partial charge on any atom is -0.334 e. The fourth-order valence-electron chi connectivity index (χ4n) is 3.10. The second-order valence-corrected chi connectivity index (χ2v) is 7.03. The van der Waals surface area contributed by atoms with E-state index >= 15 is 0 Å². The molecule has 0 saturated carbocycles. The third-order valence-corrected chi connectivity index (χ3v) is 4.45. The lowest BCUT2D eigenvalue weighted by atomic mass is 10.0. The summed E-state index contributed by atoms with van der Waals surface area (Å²) in [5.41, 5.74) is 4.02. The summed E-state index contributed by atoms with van der Waals surface area (Å²) in [6.45, 7) is 4.88. The van der Waals surface area contributed by atoms with Crippen molar-refractivity contribution in [2.24, 2.45) is 13.0 Å². The number of hydrogen-bond acceptors (Lipinski definition) is 2. The summed E-state index contributed by atoms with van der Waals surface area (Å²) in [6, 6.07) is 16.0. The molecule has 0 aliphatic rings. The van der Waals surface area contributed by atoms with Crippen LogP contribution < -0.4 is 0 Å². The van der Waals surface area contributed by atoms with E-state index in [9.17, 15) is 4.79 Å². The van der Waals surface area contributed by atoms with Crippen molar-refractivity contribution in [3.8, 4) is 0 Å². The van der Waals surface area contributed by atoms with Gasteiger partial charge in [-0.15, -0.1) is 0 Å². The highest BCUT2D eigenvalue weighted by Gasteiger charge is 2.15. The number of rotatable bonds is 5. The molecule has 130 valence electrons. The van der Waals surface area contributed by atoms with E-state index in [-0.39, 0.29) is 5.91 Å². The predicted molar refractivity (Wildman–Crippen MR) is 101 cm³/mol. The Morgan fingerprint density at radius 1 is 1.12 bits per heavy atom. The van der Waals surface area contributed by atoms with Gasteiger partial charge in [0.25, 0.3) is 5.91 Å². The lowest BCUT2D eigenvalue weighted by molar-refractivity contribution is 0.0780. The minimum absolute atomic E-state index is 0.0168. The normalized spacial score (nSPS) is 11.2. The maximum atomic E-state index is 12.7. The van der Waals surface area contributed by atoms with E-state index in [4.69, 9.17) is 0 Å². The number of aromatic nitrogens is 2. The molecule has 4 nitrogen and oxygen atoms in total. The van der Waals surface area contributed by atoms with Gasteiger partial charge in [0.05, 0.1) is 17.6 Å². The lowest BCUT2D eigenvalue weighted by Crippen LogP contribution is -2.27. The Bertz CT molecular complexity index is 878. The van der Waals surface area contributed by atoms with Gasteiger partial charge in [0.2, 0.25) is 0 Å². The fraction of sp³-hybridized carbons (Fsp3) is 0.333. The summed E-state index contributed by atoms with van der Waals surface area (Å²) >= 11 is 0. The monoisotopic (exact) mass is 335 g/mol. The average Bonchev–Trinajstić information content (AvgIpc) is 2.90. The Kier molecular flexibility index (Phi) is 4.88. The maximum Gasteiger partial charge on any atom is 0.254 e. The Morgan fingerprint density at radius 3 is 2.44 bits per heavy atom. The second kappa shape index (κ2) is 7.09. The van der Waals surface area contributed by atoms with Gasteiger partial charge in [-0.25, -0.2) is 4.98 Å². The fourth-order valence-corrected chi connectivity index (χ4v) is 3.10. The van der Waals surface area contributed by atoms with E-state index in [1.807, 2.05) is 55.1 Å². The molecule has 0 fully saturated rings. The molecule has 0 aliphatic heterocycles. The highest BCUT2D eigenvalue weighted by molar-refractivity contribution is 5.94. The Morgan fingerprint density at radius 2 is 1.80 bits per heavy atom. The van der Waals surface area contributed by atoms with Gasteiger partial charge in [0, 0.05) is 19.7 Å². The van der Waals surface area contributed by atoms with E-state index < -0.39 is 0 Å². The van der Waals surface area contributed by atoms with E-state index in [1.165, 1.54) is 5.56 Å². The molecule has 3 rings (SSSR count). The van der Waals surface area contributed by atoms with Crippen LogP contribution in [-0.4, -0.2) is 27.4 Å². The van der Waals surface area contributed by atoms with Gasteiger partial charge in [-0.1, -0.05) is 38.1 Å². The summed E-state index contributed by atoms with van der Waals surface area (Å²) in [5, 5.41) is 0. The summed E-state index contributed by atoms with van der Waals surface area (Å²) in [6.07, 6.45) is 1.03. The van der Waals surface area contributed by atoms with Gasteiger partial charge in [-0.05, 0) is 42.2 Å². The topological polar surface area (TPSA) is 38.1 Å². The van der Waals surface area contributed by atoms with Crippen molar-refractivity contribution in [3.05, 3.63) is 65.5 Å². The van der Waals surface area contributed by atoms with Crippen LogP contribution in [0.3, 0.4) is 0 Å². The van der Waals surface area contributed by atoms with Crippen LogP contribution in [0.1, 0.15) is 35.6 Å². The molecule has 1 amide bonds. The van der Waals surface area contributed by atoms with E-state index in [1.54, 1.807) is 4.90 Å². The van der Waals surface area contributed by atoms with Crippen molar-refractivity contribution in [2.45, 2.75) is 26.8 Å². The molecule has 0 radical (unpaired) electrons. The summed E-state index contributed by atoms with van der Waals surface area (Å²) in [7, 11) is 3.81. The standard InChI is InChI=1S/C21H25N3O/c1-15(2)13-16-9-11-17(12-10-16)21(25)23(3)14-20-22-18-7-5-6-8-19(18)24(20)4/h5-12,15H,13-14H2,1-4H3. The lowest BCUT2D eigenvalue weighted by Gasteiger charge is -2.17. The summed E-state index contributed by atoms with van der Waals surface area (Å²) in [5.74, 6) is 1.51. The molecule has 25 heavy (non-hydrogen) atoms. The van der Waals surface area contributed by atoms with Gasteiger partial charge in [0.15, 0.2) is 0 Å². The number of imidazole rings is 1. The zero-order valence-corrected chi connectivity index (χ0v) is 15.4. The second-order valence-electron chi connectivity index (χ2n) is 7.03. The number of amides is 1. The molecule has 0 unspecified atom stereocenters. The van der Waals surface area contributed by atoms with Crippen molar-refractivity contribution in [3.63, 3.8) is 0 Å². The Balaban J connectivity index is 1.74. The van der Waals surface area contributed by atoms with Crippen molar-refractivity contribution < 1.29 is 4.79 Å². The number of aryl methyl sites for hydroxylation is 1. The number of hydrogen-bond donors (Lipinski definition) is 0. The van der Waals surface area contributed by atoms with Crippen LogP contribution in [0.5, 0.6) is 0 Å². The molecule has 0 saturated heterocycles. The molecule has 0 aliphatic carbocycles. The van der Waals surface area contributed by atoms with Crippen LogP contribution in [-0.2, 0) is 20.0 Å². The molecule has 1 heterocycles. The largest absolute Gasteiger partial charge is 0.334 e. The average molecular weight is 335 g/mol. The molecule has 0 spiro atoms. The molecule has 2 aromatic carbocycles. The predicted octanol–water partition coefficient (Wildman–Crippen LogP) is 4.04. The summed E-state index contributed by atoms with van der Waals surface area (Å²) in [4.78, 5) is 19.1.